The summed E-state index contributed by atoms with van der Waals surface area (Å²) < 4.78 is 27.1. The van der Waals surface area contributed by atoms with E-state index in [2.05, 4.69) is 21.2 Å². The number of benzene rings is 2. The fourth-order valence-electron chi connectivity index (χ4n) is 2.18. The second-order valence-electron chi connectivity index (χ2n) is 5.42. The van der Waals surface area contributed by atoms with E-state index in [4.69, 9.17) is 0 Å². The summed E-state index contributed by atoms with van der Waals surface area (Å²) in [5, 5.41) is 2.76. The van der Waals surface area contributed by atoms with Gasteiger partial charge in [-0.1, -0.05) is 28.1 Å². The monoisotopic (exact) mass is 442 g/mol. The number of thioether (sulfide) groups is 1. The Morgan fingerprint density at radius 3 is 2.56 bits per heavy atom. The van der Waals surface area contributed by atoms with Crippen LogP contribution in [-0.4, -0.2) is 38.5 Å². The molecule has 2 aromatic rings. The van der Waals surface area contributed by atoms with E-state index in [1.54, 1.807) is 18.2 Å². The van der Waals surface area contributed by atoms with Crippen LogP contribution in [0.4, 0.5) is 5.69 Å². The minimum atomic E-state index is -3.73. The fourth-order valence-corrected chi connectivity index (χ4v) is 4.20. The Bertz CT molecular complexity index is 885. The third-order valence-electron chi connectivity index (χ3n) is 3.58. The van der Waals surface area contributed by atoms with Crippen molar-refractivity contribution in [3.63, 3.8) is 0 Å². The van der Waals surface area contributed by atoms with Gasteiger partial charge in [-0.15, -0.1) is 11.8 Å². The Morgan fingerprint density at radius 2 is 1.92 bits per heavy atom. The summed E-state index contributed by atoms with van der Waals surface area (Å²) in [6.07, 6.45) is 1.91. The maximum absolute atomic E-state index is 12.6. The van der Waals surface area contributed by atoms with Gasteiger partial charge in [0.1, 0.15) is 0 Å². The second kappa shape index (κ2) is 8.35. The molecule has 8 heteroatoms. The molecule has 0 aliphatic carbocycles. The van der Waals surface area contributed by atoms with Crippen LogP contribution in [0.5, 0.6) is 0 Å². The quantitative estimate of drug-likeness (QED) is 0.691. The van der Waals surface area contributed by atoms with Gasteiger partial charge in [-0.25, -0.2) is 8.42 Å². The SMILES string of the molecule is CSc1ccccc1NC(=O)CN(C)S(=O)(=O)c1ccc(Br)c(C)c1. The third kappa shape index (κ3) is 4.84. The average molecular weight is 443 g/mol. The highest BCUT2D eigenvalue weighted by Crippen LogP contribution is 2.25. The van der Waals surface area contributed by atoms with Gasteiger partial charge in [-0.2, -0.15) is 4.31 Å². The zero-order chi connectivity index (χ0) is 18.6. The van der Waals surface area contributed by atoms with Crippen LogP contribution >= 0.6 is 27.7 Å². The summed E-state index contributed by atoms with van der Waals surface area (Å²) in [7, 11) is -2.34. The molecule has 0 bridgehead atoms. The number of para-hydroxylation sites is 1. The summed E-state index contributed by atoms with van der Waals surface area (Å²) in [5.41, 5.74) is 1.48. The zero-order valence-electron chi connectivity index (χ0n) is 14.1. The molecule has 0 unspecified atom stereocenters. The van der Waals surface area contributed by atoms with E-state index < -0.39 is 10.0 Å². The highest BCUT2D eigenvalue weighted by atomic mass is 79.9. The predicted octanol–water partition coefficient (Wildman–Crippen LogP) is 3.74. The van der Waals surface area contributed by atoms with Gasteiger partial charge < -0.3 is 5.32 Å². The summed E-state index contributed by atoms with van der Waals surface area (Å²) >= 11 is 4.86. The van der Waals surface area contributed by atoms with Crippen molar-refractivity contribution in [2.75, 3.05) is 25.2 Å². The summed E-state index contributed by atoms with van der Waals surface area (Å²) in [4.78, 5) is 13.3. The lowest BCUT2D eigenvalue weighted by molar-refractivity contribution is -0.116. The molecule has 25 heavy (non-hydrogen) atoms. The van der Waals surface area contributed by atoms with Crippen molar-refractivity contribution in [3.05, 3.63) is 52.5 Å². The first-order chi connectivity index (χ1) is 11.8. The van der Waals surface area contributed by atoms with Crippen molar-refractivity contribution in [2.24, 2.45) is 0 Å². The van der Waals surface area contributed by atoms with Crippen LogP contribution in [0.25, 0.3) is 0 Å². The van der Waals surface area contributed by atoms with Crippen LogP contribution in [0.1, 0.15) is 5.56 Å². The molecular weight excluding hydrogens is 424 g/mol. The van der Waals surface area contributed by atoms with Crippen molar-refractivity contribution in [1.82, 2.24) is 4.31 Å². The van der Waals surface area contributed by atoms with Gasteiger partial charge in [-0.3, -0.25) is 4.79 Å². The maximum atomic E-state index is 12.6. The van der Waals surface area contributed by atoms with Gasteiger partial charge in [0.05, 0.1) is 17.1 Å². The van der Waals surface area contributed by atoms with E-state index >= 15 is 0 Å². The van der Waals surface area contributed by atoms with Crippen molar-refractivity contribution < 1.29 is 13.2 Å². The Hall–Kier alpha value is -1.35. The molecule has 0 spiro atoms. The van der Waals surface area contributed by atoms with E-state index in [-0.39, 0.29) is 17.3 Å². The molecule has 0 atom stereocenters. The van der Waals surface area contributed by atoms with Crippen LogP contribution in [0.15, 0.2) is 56.7 Å². The standard InChI is InChI=1S/C17H19BrN2O3S2/c1-12-10-13(8-9-14(12)18)25(22,23)20(2)11-17(21)19-15-6-4-5-7-16(15)24-3/h4-10H,11H2,1-3H3,(H,19,21). The van der Waals surface area contributed by atoms with E-state index in [9.17, 15) is 13.2 Å². The van der Waals surface area contributed by atoms with Gasteiger partial charge in [0, 0.05) is 16.4 Å². The van der Waals surface area contributed by atoms with Gasteiger partial charge in [0.2, 0.25) is 15.9 Å². The first-order valence-corrected chi connectivity index (χ1v) is 10.9. The molecule has 2 aromatic carbocycles. The fraction of sp³-hybridized carbons (Fsp3) is 0.235. The first kappa shape index (κ1) is 20.0. The Kier molecular flexibility index (Phi) is 6.67. The molecule has 5 nitrogen and oxygen atoms in total. The molecule has 0 fully saturated rings. The van der Waals surface area contributed by atoms with Crippen molar-refractivity contribution in [2.45, 2.75) is 16.7 Å². The third-order valence-corrected chi connectivity index (χ3v) is 7.07. The average Bonchev–Trinajstić information content (AvgIpc) is 2.57. The second-order valence-corrected chi connectivity index (χ2v) is 9.17. The zero-order valence-corrected chi connectivity index (χ0v) is 17.3. The Morgan fingerprint density at radius 1 is 1.24 bits per heavy atom. The minimum Gasteiger partial charge on any atom is -0.324 e. The van der Waals surface area contributed by atoms with Crippen molar-refractivity contribution in [1.29, 1.82) is 0 Å². The number of carbonyl (C=O) groups excluding carboxylic acids is 1. The Labute approximate surface area is 161 Å². The summed E-state index contributed by atoms with van der Waals surface area (Å²) in [5.74, 6) is -0.388. The van der Waals surface area contributed by atoms with Crippen LogP contribution in [0, 0.1) is 6.92 Å². The number of hydrogen-bond donors (Lipinski definition) is 1. The van der Waals surface area contributed by atoms with Crippen LogP contribution in [0.3, 0.4) is 0 Å². The molecule has 0 saturated heterocycles. The minimum absolute atomic E-state index is 0.160. The van der Waals surface area contributed by atoms with E-state index in [1.807, 2.05) is 31.4 Å². The number of nitrogens with one attached hydrogen (secondary N) is 1. The number of carbonyl (C=O) groups is 1. The van der Waals surface area contributed by atoms with E-state index in [0.717, 1.165) is 19.2 Å². The number of rotatable bonds is 6. The first-order valence-electron chi connectivity index (χ1n) is 7.41. The van der Waals surface area contributed by atoms with E-state index in [0.29, 0.717) is 5.69 Å². The van der Waals surface area contributed by atoms with Gasteiger partial charge in [0.15, 0.2) is 0 Å². The number of anilines is 1. The number of amides is 1. The summed E-state index contributed by atoms with van der Waals surface area (Å²) in [6, 6.07) is 12.2. The molecule has 1 N–H and O–H groups in total. The maximum Gasteiger partial charge on any atom is 0.243 e. The van der Waals surface area contributed by atoms with E-state index in [1.165, 1.54) is 24.9 Å². The Balaban J connectivity index is 2.13. The molecule has 0 radical (unpaired) electrons. The molecule has 0 aliphatic rings. The molecule has 0 saturated carbocycles. The number of halogens is 1. The van der Waals surface area contributed by atoms with Gasteiger partial charge in [-0.05, 0) is 49.1 Å². The lowest BCUT2D eigenvalue weighted by atomic mass is 10.2. The largest absolute Gasteiger partial charge is 0.324 e. The topological polar surface area (TPSA) is 66.5 Å². The number of nitrogens with zero attached hydrogens (tertiary/aromatic N) is 1. The van der Waals surface area contributed by atoms with Crippen molar-refractivity contribution >= 4 is 49.3 Å². The number of likely N-dealkylation sites (N-methyl/N-ethyl adjacent to an activating group) is 1. The molecule has 2 rings (SSSR count). The number of sulfonamides is 1. The van der Waals surface area contributed by atoms with Crippen LogP contribution in [-0.2, 0) is 14.8 Å². The molecule has 0 aliphatic heterocycles. The molecule has 134 valence electrons. The highest BCUT2D eigenvalue weighted by Gasteiger charge is 2.23. The molecular formula is C17H19BrN2O3S2. The lowest BCUT2D eigenvalue weighted by Gasteiger charge is -2.18. The van der Waals surface area contributed by atoms with Gasteiger partial charge >= 0.3 is 0 Å². The van der Waals surface area contributed by atoms with Crippen LogP contribution in [0.2, 0.25) is 0 Å². The summed E-state index contributed by atoms with van der Waals surface area (Å²) in [6.45, 7) is 1.55. The molecule has 0 aromatic heterocycles. The lowest BCUT2D eigenvalue weighted by Crippen LogP contribution is -2.35. The molecule has 0 heterocycles. The number of aryl methyl sites for hydroxylation is 1. The highest BCUT2D eigenvalue weighted by molar-refractivity contribution is 9.10. The number of hydrogen-bond acceptors (Lipinski definition) is 4. The van der Waals surface area contributed by atoms with Gasteiger partial charge in [0.25, 0.3) is 0 Å². The smallest absolute Gasteiger partial charge is 0.243 e. The van der Waals surface area contributed by atoms with Crippen molar-refractivity contribution in [3.8, 4) is 0 Å². The van der Waals surface area contributed by atoms with Crippen LogP contribution < -0.4 is 5.32 Å². The normalized spacial score (nSPS) is 11.6. The predicted molar refractivity (Wildman–Crippen MR) is 106 cm³/mol. The molecule has 1 amide bonds.